The Bertz CT molecular complexity index is 425. The standard InChI is InChI=1S/C10H15NO3S.K/c1-2-4-10-5-7-11(9-10)6-3-8-15(12,13)14;/h2,5,7,9H,1,3-4,6,8H2,(H,12,13,14);/q;+1/p-1. The molecule has 0 atom stereocenters. The Morgan fingerprint density at radius 3 is 2.75 bits per heavy atom. The van der Waals surface area contributed by atoms with Crippen molar-refractivity contribution in [2.45, 2.75) is 19.4 Å². The summed E-state index contributed by atoms with van der Waals surface area (Å²) in [4.78, 5) is 0. The van der Waals surface area contributed by atoms with E-state index in [4.69, 9.17) is 0 Å². The third-order valence-corrected chi connectivity index (χ3v) is 2.79. The molecule has 0 aromatic carbocycles. The molecule has 0 saturated carbocycles. The van der Waals surface area contributed by atoms with Crippen molar-refractivity contribution in [2.75, 3.05) is 5.75 Å². The molecule has 0 fully saturated rings. The van der Waals surface area contributed by atoms with Crippen LogP contribution in [0.3, 0.4) is 0 Å². The van der Waals surface area contributed by atoms with Gasteiger partial charge in [0.15, 0.2) is 0 Å². The molecular weight excluding hydrogens is 253 g/mol. The molecule has 16 heavy (non-hydrogen) atoms. The molecule has 0 aliphatic carbocycles. The molecule has 0 spiro atoms. The summed E-state index contributed by atoms with van der Waals surface area (Å²) in [6, 6.07) is 1.95. The first kappa shape index (κ1) is 16.6. The van der Waals surface area contributed by atoms with Gasteiger partial charge in [-0.15, -0.1) is 6.58 Å². The van der Waals surface area contributed by atoms with E-state index in [0.29, 0.717) is 13.0 Å². The first-order valence-corrected chi connectivity index (χ1v) is 6.28. The molecule has 84 valence electrons. The Hall–Kier alpha value is 0.566. The van der Waals surface area contributed by atoms with E-state index in [1.165, 1.54) is 0 Å². The van der Waals surface area contributed by atoms with Gasteiger partial charge >= 0.3 is 51.4 Å². The Kier molecular flexibility index (Phi) is 8.09. The van der Waals surface area contributed by atoms with Gasteiger partial charge in [0.1, 0.15) is 0 Å². The number of nitrogens with zero attached hydrogens (tertiary/aromatic N) is 1. The summed E-state index contributed by atoms with van der Waals surface area (Å²) in [7, 11) is -4.08. The van der Waals surface area contributed by atoms with E-state index < -0.39 is 10.1 Å². The number of hydrogen-bond donors (Lipinski definition) is 0. The fraction of sp³-hybridized carbons (Fsp3) is 0.400. The molecule has 0 amide bonds. The van der Waals surface area contributed by atoms with Crippen molar-refractivity contribution >= 4 is 10.1 Å². The van der Waals surface area contributed by atoms with Gasteiger partial charge in [0.2, 0.25) is 0 Å². The summed E-state index contributed by atoms with van der Waals surface area (Å²) in [6.45, 7) is 4.18. The minimum Gasteiger partial charge on any atom is -0.748 e. The van der Waals surface area contributed by atoms with E-state index in [1.807, 2.05) is 29.1 Å². The summed E-state index contributed by atoms with van der Waals surface area (Å²) in [5.41, 5.74) is 1.13. The zero-order chi connectivity index (χ0) is 11.3. The van der Waals surface area contributed by atoms with Crippen LogP contribution in [0.1, 0.15) is 12.0 Å². The zero-order valence-electron chi connectivity index (χ0n) is 9.43. The Morgan fingerprint density at radius 1 is 1.50 bits per heavy atom. The van der Waals surface area contributed by atoms with Gasteiger partial charge in [-0.1, -0.05) is 6.08 Å². The predicted octanol–water partition coefficient (Wildman–Crippen LogP) is -1.84. The number of aromatic nitrogens is 1. The molecule has 0 N–H and O–H groups in total. The molecule has 0 aliphatic rings. The molecular formula is C10H14KNO3S. The van der Waals surface area contributed by atoms with Crippen LogP contribution in [0.15, 0.2) is 31.1 Å². The van der Waals surface area contributed by atoms with Crippen LogP contribution in [0.5, 0.6) is 0 Å². The van der Waals surface area contributed by atoms with E-state index in [0.717, 1.165) is 12.0 Å². The molecule has 1 heterocycles. The average molecular weight is 267 g/mol. The predicted molar refractivity (Wildman–Crippen MR) is 57.5 cm³/mol. The van der Waals surface area contributed by atoms with Gasteiger partial charge < -0.3 is 9.12 Å². The second-order valence-electron chi connectivity index (χ2n) is 3.37. The molecule has 1 aromatic heterocycles. The van der Waals surface area contributed by atoms with Crippen molar-refractivity contribution in [3.8, 4) is 0 Å². The van der Waals surface area contributed by atoms with Crippen LogP contribution < -0.4 is 51.4 Å². The van der Waals surface area contributed by atoms with Crippen molar-refractivity contribution in [2.24, 2.45) is 0 Å². The van der Waals surface area contributed by atoms with Crippen LogP contribution in [0.25, 0.3) is 0 Å². The monoisotopic (exact) mass is 267 g/mol. The van der Waals surface area contributed by atoms with Crippen LogP contribution >= 0.6 is 0 Å². The van der Waals surface area contributed by atoms with Gasteiger partial charge in [0.05, 0.1) is 10.1 Å². The molecule has 4 nitrogen and oxygen atoms in total. The van der Waals surface area contributed by atoms with Crippen molar-refractivity contribution in [3.63, 3.8) is 0 Å². The molecule has 0 radical (unpaired) electrons. The maximum Gasteiger partial charge on any atom is 1.00 e. The molecule has 0 saturated heterocycles. The fourth-order valence-electron chi connectivity index (χ4n) is 1.34. The molecule has 0 bridgehead atoms. The van der Waals surface area contributed by atoms with Gasteiger partial charge in [-0.25, -0.2) is 8.42 Å². The van der Waals surface area contributed by atoms with E-state index in [-0.39, 0.29) is 57.1 Å². The normalized spacial score (nSPS) is 10.8. The molecule has 0 unspecified atom stereocenters. The number of rotatable bonds is 6. The first-order chi connectivity index (χ1) is 7.01. The van der Waals surface area contributed by atoms with Crippen LogP contribution in [0.2, 0.25) is 0 Å². The van der Waals surface area contributed by atoms with Crippen LogP contribution in [0, 0.1) is 0 Å². The second-order valence-corrected chi connectivity index (χ2v) is 4.89. The molecule has 1 rings (SSSR count). The van der Waals surface area contributed by atoms with Crippen molar-refractivity contribution in [1.82, 2.24) is 4.57 Å². The number of allylic oxidation sites excluding steroid dienone is 1. The molecule has 0 aliphatic heterocycles. The Labute approximate surface area is 139 Å². The van der Waals surface area contributed by atoms with Gasteiger partial charge in [0, 0.05) is 24.7 Å². The van der Waals surface area contributed by atoms with Gasteiger partial charge in [-0.3, -0.25) is 0 Å². The molecule has 1 aromatic rings. The van der Waals surface area contributed by atoms with E-state index in [2.05, 4.69) is 6.58 Å². The van der Waals surface area contributed by atoms with Gasteiger partial charge in [-0.2, -0.15) is 0 Å². The minimum absolute atomic E-state index is 0. The third kappa shape index (κ3) is 7.00. The van der Waals surface area contributed by atoms with E-state index in [1.54, 1.807) is 0 Å². The van der Waals surface area contributed by atoms with Crippen LogP contribution in [0.4, 0.5) is 0 Å². The summed E-state index contributed by atoms with van der Waals surface area (Å²) >= 11 is 0. The summed E-state index contributed by atoms with van der Waals surface area (Å²) in [5, 5.41) is 0. The third-order valence-electron chi connectivity index (χ3n) is 2.00. The fourth-order valence-corrected chi connectivity index (χ4v) is 1.82. The zero-order valence-corrected chi connectivity index (χ0v) is 13.4. The number of hydrogen-bond acceptors (Lipinski definition) is 3. The van der Waals surface area contributed by atoms with Gasteiger partial charge in [0.25, 0.3) is 0 Å². The van der Waals surface area contributed by atoms with Crippen molar-refractivity contribution in [3.05, 3.63) is 36.7 Å². The average Bonchev–Trinajstić information content (AvgIpc) is 2.51. The van der Waals surface area contributed by atoms with Crippen LogP contribution in [-0.2, 0) is 23.1 Å². The van der Waals surface area contributed by atoms with Crippen LogP contribution in [-0.4, -0.2) is 23.3 Å². The SMILES string of the molecule is C=CCc1ccn(CCCS(=O)(=O)[O-])c1.[K+]. The van der Waals surface area contributed by atoms with Crippen molar-refractivity contribution in [1.29, 1.82) is 0 Å². The maximum absolute atomic E-state index is 10.4. The maximum atomic E-state index is 10.4. The summed E-state index contributed by atoms with van der Waals surface area (Å²) < 4.78 is 32.9. The quantitative estimate of drug-likeness (QED) is 0.345. The van der Waals surface area contributed by atoms with E-state index >= 15 is 0 Å². The topological polar surface area (TPSA) is 62.1 Å². The second kappa shape index (κ2) is 7.81. The summed E-state index contributed by atoms with van der Waals surface area (Å²) in [5.74, 6) is -0.304. The first-order valence-electron chi connectivity index (χ1n) is 4.70. The molecule has 6 heteroatoms. The largest absolute Gasteiger partial charge is 1.00 e. The Balaban J connectivity index is 0.00000225. The summed E-state index contributed by atoms with van der Waals surface area (Å²) in [6.07, 6.45) is 6.76. The number of aryl methyl sites for hydroxylation is 1. The minimum atomic E-state index is -4.08. The van der Waals surface area contributed by atoms with E-state index in [9.17, 15) is 13.0 Å². The van der Waals surface area contributed by atoms with Crippen molar-refractivity contribution < 1.29 is 64.4 Å². The van der Waals surface area contributed by atoms with Gasteiger partial charge in [-0.05, 0) is 24.5 Å². The smallest absolute Gasteiger partial charge is 0.748 e. The Morgan fingerprint density at radius 2 is 2.19 bits per heavy atom.